The zero-order valence-corrected chi connectivity index (χ0v) is 22.6. The Morgan fingerprint density at radius 3 is 1.90 bits per heavy atom. The highest BCUT2D eigenvalue weighted by atomic mass is 16.5. The Kier molecular flexibility index (Phi) is 7.23. The average molecular weight is 530 g/mol. The molecule has 0 fully saturated rings. The van der Waals surface area contributed by atoms with Crippen LogP contribution in [0, 0.1) is 0 Å². The third kappa shape index (κ3) is 4.93. The van der Waals surface area contributed by atoms with Gasteiger partial charge in [0.2, 0.25) is 0 Å². The number of pyridine rings is 2. The number of fused-ring (bicyclic) bond motifs is 4. The Hall–Kier alpha value is -4.58. The molecular formula is C34H31N3O3. The summed E-state index contributed by atoms with van der Waals surface area (Å²) in [4.78, 5) is 33.2. The summed E-state index contributed by atoms with van der Waals surface area (Å²) in [6.07, 6.45) is 4.80. The highest BCUT2D eigenvalue weighted by Crippen LogP contribution is 2.36. The smallest absolute Gasteiger partial charge is 0.181 e. The number of hydrogen-bond donors (Lipinski definition) is 1. The molecule has 2 aliphatic rings. The zero-order chi connectivity index (χ0) is 27.5. The fourth-order valence-electron chi connectivity index (χ4n) is 5.68. The maximum atomic E-state index is 12.2. The van der Waals surface area contributed by atoms with Crippen molar-refractivity contribution in [2.24, 2.45) is 0 Å². The van der Waals surface area contributed by atoms with Gasteiger partial charge in [0.1, 0.15) is 23.7 Å². The number of carbonyl (C=O) groups is 2. The fourth-order valence-corrected chi connectivity index (χ4v) is 5.68. The van der Waals surface area contributed by atoms with Crippen molar-refractivity contribution in [2.75, 3.05) is 12.4 Å². The molecule has 5 aromatic rings. The molecule has 0 saturated heterocycles. The summed E-state index contributed by atoms with van der Waals surface area (Å²) >= 11 is 0. The molecule has 2 aromatic heterocycles. The summed E-state index contributed by atoms with van der Waals surface area (Å²) in [7, 11) is 1.90. The molecular weight excluding hydrogens is 498 g/mol. The van der Waals surface area contributed by atoms with Crippen molar-refractivity contribution in [1.29, 1.82) is 0 Å². The Labute approximate surface area is 233 Å². The second-order valence-corrected chi connectivity index (χ2v) is 10.2. The summed E-state index contributed by atoms with van der Waals surface area (Å²) in [5.74, 6) is 1.12. The molecule has 0 atom stereocenters. The Morgan fingerprint density at radius 2 is 1.23 bits per heavy atom. The van der Waals surface area contributed by atoms with Crippen molar-refractivity contribution in [1.82, 2.24) is 9.97 Å². The van der Waals surface area contributed by atoms with E-state index < -0.39 is 0 Å². The number of ketones is 2. The van der Waals surface area contributed by atoms with Gasteiger partial charge in [-0.25, -0.2) is 9.97 Å². The van der Waals surface area contributed by atoms with Gasteiger partial charge in [-0.15, -0.1) is 0 Å². The first kappa shape index (κ1) is 25.7. The van der Waals surface area contributed by atoms with Crippen LogP contribution in [0.5, 0.6) is 5.75 Å². The topological polar surface area (TPSA) is 81.2 Å². The Morgan fingerprint density at radius 1 is 0.675 bits per heavy atom. The number of benzene rings is 3. The molecule has 0 bridgehead atoms. The molecule has 0 aliphatic heterocycles. The number of Topliss-reactive ketones (excluding diaryl/α,β-unsaturated/α-hetero) is 2. The van der Waals surface area contributed by atoms with Crippen molar-refractivity contribution in [3.8, 4) is 5.75 Å². The van der Waals surface area contributed by atoms with Crippen LogP contribution in [0.4, 0.5) is 5.69 Å². The van der Waals surface area contributed by atoms with Gasteiger partial charge in [-0.2, -0.15) is 0 Å². The second-order valence-electron chi connectivity index (χ2n) is 10.2. The van der Waals surface area contributed by atoms with E-state index in [-0.39, 0.29) is 11.6 Å². The highest BCUT2D eigenvalue weighted by molar-refractivity contribution is 6.04. The number of rotatable bonds is 4. The minimum absolute atomic E-state index is 0.126. The molecule has 2 aliphatic carbocycles. The first-order valence-corrected chi connectivity index (χ1v) is 13.9. The Balaban J connectivity index is 0.000000151. The lowest BCUT2D eigenvalue weighted by atomic mass is 9.92. The lowest BCUT2D eigenvalue weighted by Crippen LogP contribution is -2.15. The highest BCUT2D eigenvalue weighted by Gasteiger charge is 2.25. The monoisotopic (exact) mass is 529 g/mol. The number of hydrogen-bond acceptors (Lipinski definition) is 6. The van der Waals surface area contributed by atoms with Crippen LogP contribution in [0.2, 0.25) is 0 Å². The van der Waals surface area contributed by atoms with E-state index in [0.717, 1.165) is 75.6 Å². The number of anilines is 1. The van der Waals surface area contributed by atoms with Gasteiger partial charge < -0.3 is 10.1 Å². The summed E-state index contributed by atoms with van der Waals surface area (Å²) in [6.45, 7) is 0.496. The van der Waals surface area contributed by atoms with E-state index >= 15 is 0 Å². The predicted molar refractivity (Wildman–Crippen MR) is 158 cm³/mol. The van der Waals surface area contributed by atoms with E-state index in [1.165, 1.54) is 0 Å². The quantitative estimate of drug-likeness (QED) is 0.267. The van der Waals surface area contributed by atoms with Gasteiger partial charge >= 0.3 is 0 Å². The fraction of sp³-hybridized carbons (Fsp3) is 0.235. The van der Waals surface area contributed by atoms with E-state index in [0.29, 0.717) is 30.8 Å². The van der Waals surface area contributed by atoms with Crippen molar-refractivity contribution < 1.29 is 14.3 Å². The lowest BCUT2D eigenvalue weighted by Gasteiger charge is -2.20. The van der Waals surface area contributed by atoms with Crippen LogP contribution >= 0.6 is 0 Å². The van der Waals surface area contributed by atoms with Crippen molar-refractivity contribution in [2.45, 2.75) is 45.1 Å². The van der Waals surface area contributed by atoms with Crippen molar-refractivity contribution >= 4 is 39.1 Å². The summed E-state index contributed by atoms with van der Waals surface area (Å²) < 4.78 is 6.16. The average Bonchev–Trinajstić information content (AvgIpc) is 3.00. The minimum atomic E-state index is 0.126. The molecule has 200 valence electrons. The van der Waals surface area contributed by atoms with E-state index in [2.05, 4.69) is 15.3 Å². The largest absolute Gasteiger partial charge is 0.488 e. The molecule has 0 amide bonds. The van der Waals surface area contributed by atoms with Crippen LogP contribution in [0.1, 0.15) is 63.4 Å². The number of carbonyl (C=O) groups excluding carboxylic acids is 2. The summed E-state index contributed by atoms with van der Waals surface area (Å²) in [5, 5.41) is 5.31. The lowest BCUT2D eigenvalue weighted by molar-refractivity contribution is 0.0959. The van der Waals surface area contributed by atoms with Gasteiger partial charge in [0.25, 0.3) is 0 Å². The molecule has 40 heavy (non-hydrogen) atoms. The number of nitrogens with one attached hydrogen (secondary N) is 1. The standard InChI is InChI=1S/C20H17NO2.C14H14N2O/c22-18-12-6-10-16-19(18)21-17-11-5-4-9-15(17)20(16)23-13-14-7-2-1-3-8-14;1-15-13-9-5-2-3-7-11(9)16-14-10(13)6-4-8-12(14)17/h1-5,7-9,11H,6,10,12-13H2;2-3,5,7H,4,6,8H2,1H3,(H,15,16). The normalized spacial score (nSPS) is 14.2. The second kappa shape index (κ2) is 11.3. The van der Waals surface area contributed by atoms with Crippen molar-refractivity contribution in [3.05, 3.63) is 107 Å². The minimum Gasteiger partial charge on any atom is -0.488 e. The van der Waals surface area contributed by atoms with Crippen LogP contribution in [-0.2, 0) is 19.4 Å². The molecule has 6 nitrogen and oxygen atoms in total. The molecule has 1 N–H and O–H groups in total. The van der Waals surface area contributed by atoms with E-state index in [1.54, 1.807) is 0 Å². The third-order valence-electron chi connectivity index (χ3n) is 7.60. The zero-order valence-electron chi connectivity index (χ0n) is 22.6. The van der Waals surface area contributed by atoms with Gasteiger partial charge in [-0.1, -0.05) is 60.7 Å². The van der Waals surface area contributed by atoms with Crippen molar-refractivity contribution in [3.63, 3.8) is 0 Å². The van der Waals surface area contributed by atoms with Gasteiger partial charge in [-0.3, -0.25) is 9.59 Å². The number of nitrogens with zero attached hydrogens (tertiary/aromatic N) is 2. The van der Waals surface area contributed by atoms with Gasteiger partial charge in [0, 0.05) is 47.5 Å². The third-order valence-corrected chi connectivity index (χ3v) is 7.60. The molecule has 0 saturated carbocycles. The van der Waals surface area contributed by atoms with Crippen LogP contribution in [0.3, 0.4) is 0 Å². The molecule has 3 aromatic carbocycles. The van der Waals surface area contributed by atoms with Gasteiger partial charge in [0.05, 0.1) is 11.0 Å². The van der Waals surface area contributed by atoms with Gasteiger partial charge in [0.15, 0.2) is 11.6 Å². The maximum Gasteiger partial charge on any atom is 0.181 e. The van der Waals surface area contributed by atoms with Crippen LogP contribution in [-0.4, -0.2) is 28.6 Å². The number of para-hydroxylation sites is 2. The first-order valence-electron chi connectivity index (χ1n) is 13.9. The molecule has 0 radical (unpaired) electrons. The maximum absolute atomic E-state index is 12.2. The molecule has 6 heteroatoms. The van der Waals surface area contributed by atoms with Crippen LogP contribution in [0.15, 0.2) is 78.9 Å². The molecule has 2 heterocycles. The summed E-state index contributed by atoms with van der Waals surface area (Å²) in [5.41, 5.74) is 7.22. The molecule has 7 rings (SSSR count). The predicted octanol–water partition coefficient (Wildman–Crippen LogP) is 7.13. The first-order chi connectivity index (χ1) is 19.6. The SMILES string of the molecule is CNc1c2c(nc3ccccc13)C(=O)CCC2.O=C1CCCc2c1nc1ccccc1c2OCc1ccccc1. The number of ether oxygens (including phenoxy) is 1. The van der Waals surface area contributed by atoms with E-state index in [1.807, 2.05) is 85.9 Å². The molecule has 0 spiro atoms. The Bertz CT molecular complexity index is 1730. The summed E-state index contributed by atoms with van der Waals surface area (Å²) in [6, 6.07) is 25.9. The van der Waals surface area contributed by atoms with Crippen LogP contribution < -0.4 is 10.1 Å². The van der Waals surface area contributed by atoms with Crippen LogP contribution in [0.25, 0.3) is 21.8 Å². The van der Waals surface area contributed by atoms with E-state index in [4.69, 9.17) is 4.74 Å². The van der Waals surface area contributed by atoms with E-state index in [9.17, 15) is 9.59 Å². The molecule has 0 unspecified atom stereocenters. The number of aromatic nitrogens is 2. The van der Waals surface area contributed by atoms with Gasteiger partial charge in [-0.05, 0) is 49.4 Å².